The molecule has 0 saturated carbocycles. The van der Waals surface area contributed by atoms with Crippen LogP contribution in [0.3, 0.4) is 0 Å². The van der Waals surface area contributed by atoms with Crippen LogP contribution in [0.5, 0.6) is 0 Å². The van der Waals surface area contributed by atoms with Crippen LogP contribution in [-0.2, 0) is 11.3 Å². The Labute approximate surface area is 180 Å². The molecular weight excluding hydrogens is 400 g/mol. The van der Waals surface area contributed by atoms with E-state index in [0.717, 1.165) is 43.1 Å². The van der Waals surface area contributed by atoms with Crippen molar-refractivity contribution in [2.24, 2.45) is 0 Å². The zero-order chi connectivity index (χ0) is 21.5. The molecule has 1 saturated heterocycles. The molecule has 0 spiro atoms. The van der Waals surface area contributed by atoms with Crippen molar-refractivity contribution in [2.75, 3.05) is 26.2 Å². The molecule has 1 fully saturated rings. The topological polar surface area (TPSA) is 90.5 Å². The predicted octanol–water partition coefficient (Wildman–Crippen LogP) is 3.68. The maximum Gasteiger partial charge on any atom is 0.269 e. The molecule has 1 atom stereocenters. The van der Waals surface area contributed by atoms with Gasteiger partial charge < -0.3 is 4.90 Å². The molecule has 0 aliphatic carbocycles. The second-order valence-electron chi connectivity index (χ2n) is 7.27. The lowest BCUT2D eigenvalue weighted by atomic mass is 10.1. The van der Waals surface area contributed by atoms with E-state index in [4.69, 9.17) is 5.26 Å². The number of amides is 1. The standard InChI is InChI=1S/C22H24N4O3S/c1-17(30-21-9-7-20(8-10-21)26(28)29)22(27)25-12-2-11-24(13-14-25)16-19-5-3-18(15-23)4-6-19/h3-10,17H,2,11-14,16H2,1H3/t17-/m0/s1. The minimum atomic E-state index is -0.427. The number of benzene rings is 2. The lowest BCUT2D eigenvalue weighted by Crippen LogP contribution is -2.39. The number of hydrogen-bond acceptors (Lipinski definition) is 6. The minimum Gasteiger partial charge on any atom is -0.340 e. The van der Waals surface area contributed by atoms with E-state index in [1.807, 2.05) is 36.1 Å². The van der Waals surface area contributed by atoms with Gasteiger partial charge in [-0.1, -0.05) is 12.1 Å². The molecule has 30 heavy (non-hydrogen) atoms. The SMILES string of the molecule is C[C@H](Sc1ccc([N+](=O)[O-])cc1)C(=O)N1CCCN(Cc2ccc(C#N)cc2)CC1. The van der Waals surface area contributed by atoms with E-state index in [9.17, 15) is 14.9 Å². The molecule has 0 N–H and O–H groups in total. The average Bonchev–Trinajstić information content (AvgIpc) is 2.99. The maximum absolute atomic E-state index is 12.9. The fraction of sp³-hybridized carbons (Fsp3) is 0.364. The number of carbonyl (C=O) groups is 1. The Morgan fingerprint density at radius 3 is 2.47 bits per heavy atom. The Hall–Kier alpha value is -2.89. The fourth-order valence-electron chi connectivity index (χ4n) is 3.45. The van der Waals surface area contributed by atoms with Crippen molar-refractivity contribution in [3.05, 3.63) is 69.8 Å². The molecule has 2 aromatic rings. The van der Waals surface area contributed by atoms with Gasteiger partial charge in [-0.05, 0) is 43.2 Å². The van der Waals surface area contributed by atoms with E-state index in [2.05, 4.69) is 11.0 Å². The number of thioether (sulfide) groups is 1. The zero-order valence-corrected chi connectivity index (χ0v) is 17.7. The van der Waals surface area contributed by atoms with Crippen LogP contribution in [-0.4, -0.2) is 52.1 Å². The van der Waals surface area contributed by atoms with Gasteiger partial charge in [0.05, 0.1) is 21.8 Å². The normalized spacial score (nSPS) is 15.8. The monoisotopic (exact) mass is 424 g/mol. The van der Waals surface area contributed by atoms with E-state index in [0.29, 0.717) is 12.1 Å². The molecule has 3 rings (SSSR count). The molecule has 1 aliphatic rings. The summed E-state index contributed by atoms with van der Waals surface area (Å²) in [5.74, 6) is 0.0959. The first kappa shape index (κ1) is 21.8. The number of carbonyl (C=O) groups excluding carboxylic acids is 1. The van der Waals surface area contributed by atoms with Crippen LogP contribution in [0.25, 0.3) is 0 Å². The molecular formula is C22H24N4O3S. The van der Waals surface area contributed by atoms with Crippen molar-refractivity contribution in [3.63, 3.8) is 0 Å². The van der Waals surface area contributed by atoms with Gasteiger partial charge in [-0.15, -0.1) is 11.8 Å². The molecule has 0 bridgehead atoms. The van der Waals surface area contributed by atoms with Gasteiger partial charge in [0.2, 0.25) is 5.91 Å². The molecule has 8 heteroatoms. The van der Waals surface area contributed by atoms with E-state index >= 15 is 0 Å². The van der Waals surface area contributed by atoms with Gasteiger partial charge in [0, 0.05) is 49.8 Å². The average molecular weight is 425 g/mol. The van der Waals surface area contributed by atoms with Gasteiger partial charge in [-0.2, -0.15) is 5.26 Å². The van der Waals surface area contributed by atoms with Crippen molar-refractivity contribution in [1.82, 2.24) is 9.80 Å². The molecule has 0 radical (unpaired) electrons. The van der Waals surface area contributed by atoms with Gasteiger partial charge in [0.1, 0.15) is 0 Å². The second-order valence-corrected chi connectivity index (χ2v) is 8.69. The lowest BCUT2D eigenvalue weighted by Gasteiger charge is -2.24. The van der Waals surface area contributed by atoms with Crippen LogP contribution in [0.4, 0.5) is 5.69 Å². The maximum atomic E-state index is 12.9. The predicted molar refractivity (Wildman–Crippen MR) is 116 cm³/mol. The van der Waals surface area contributed by atoms with Crippen LogP contribution in [0, 0.1) is 21.4 Å². The number of nitriles is 1. The van der Waals surface area contributed by atoms with Gasteiger partial charge in [0.25, 0.3) is 5.69 Å². The largest absolute Gasteiger partial charge is 0.340 e. The number of nitro benzene ring substituents is 1. The lowest BCUT2D eigenvalue weighted by molar-refractivity contribution is -0.384. The highest BCUT2D eigenvalue weighted by atomic mass is 32.2. The van der Waals surface area contributed by atoms with Crippen molar-refractivity contribution >= 4 is 23.4 Å². The Morgan fingerprint density at radius 2 is 1.83 bits per heavy atom. The first-order valence-corrected chi connectivity index (χ1v) is 10.8. The first-order chi connectivity index (χ1) is 14.5. The number of nitro groups is 1. The summed E-state index contributed by atoms with van der Waals surface area (Å²) in [7, 11) is 0. The molecule has 156 valence electrons. The fourth-order valence-corrected chi connectivity index (χ4v) is 4.40. The summed E-state index contributed by atoms with van der Waals surface area (Å²) in [6.07, 6.45) is 0.914. The van der Waals surface area contributed by atoms with Crippen LogP contribution < -0.4 is 0 Å². The van der Waals surface area contributed by atoms with Crippen LogP contribution in [0.1, 0.15) is 24.5 Å². The molecule has 1 aliphatic heterocycles. The Kier molecular flexibility index (Phi) is 7.44. The zero-order valence-electron chi connectivity index (χ0n) is 16.9. The van der Waals surface area contributed by atoms with Gasteiger partial charge in [-0.25, -0.2) is 0 Å². The van der Waals surface area contributed by atoms with Crippen molar-refractivity contribution < 1.29 is 9.72 Å². The third kappa shape index (κ3) is 5.81. The first-order valence-electron chi connectivity index (χ1n) is 9.87. The highest BCUT2D eigenvalue weighted by molar-refractivity contribution is 8.00. The van der Waals surface area contributed by atoms with Crippen molar-refractivity contribution in [1.29, 1.82) is 5.26 Å². The summed E-state index contributed by atoms with van der Waals surface area (Å²) >= 11 is 1.43. The number of nitrogens with zero attached hydrogens (tertiary/aromatic N) is 4. The highest BCUT2D eigenvalue weighted by Crippen LogP contribution is 2.26. The van der Waals surface area contributed by atoms with E-state index in [1.165, 1.54) is 23.9 Å². The van der Waals surface area contributed by atoms with E-state index < -0.39 is 4.92 Å². The number of hydrogen-bond donors (Lipinski definition) is 0. The van der Waals surface area contributed by atoms with E-state index in [-0.39, 0.29) is 16.8 Å². The van der Waals surface area contributed by atoms with Gasteiger partial charge in [-0.3, -0.25) is 19.8 Å². The third-order valence-electron chi connectivity index (χ3n) is 5.10. The molecule has 0 aromatic heterocycles. The Bertz CT molecular complexity index is 925. The second kappa shape index (κ2) is 10.2. The molecule has 7 nitrogen and oxygen atoms in total. The smallest absolute Gasteiger partial charge is 0.269 e. The quantitative estimate of drug-likeness (QED) is 0.399. The van der Waals surface area contributed by atoms with Gasteiger partial charge >= 0.3 is 0 Å². The molecule has 1 amide bonds. The Balaban J connectivity index is 1.52. The summed E-state index contributed by atoms with van der Waals surface area (Å²) in [4.78, 5) is 28.4. The summed E-state index contributed by atoms with van der Waals surface area (Å²) in [5.41, 5.74) is 1.87. The number of non-ortho nitro benzene ring substituents is 1. The van der Waals surface area contributed by atoms with Crippen LogP contribution in [0.15, 0.2) is 53.4 Å². The molecule has 0 unspecified atom stereocenters. The third-order valence-corrected chi connectivity index (χ3v) is 6.20. The van der Waals surface area contributed by atoms with E-state index in [1.54, 1.807) is 12.1 Å². The van der Waals surface area contributed by atoms with Crippen LogP contribution >= 0.6 is 11.8 Å². The highest BCUT2D eigenvalue weighted by Gasteiger charge is 2.24. The van der Waals surface area contributed by atoms with Crippen LogP contribution in [0.2, 0.25) is 0 Å². The van der Waals surface area contributed by atoms with Crippen molar-refractivity contribution in [3.8, 4) is 6.07 Å². The molecule has 2 aromatic carbocycles. The van der Waals surface area contributed by atoms with Crippen molar-refractivity contribution in [2.45, 2.75) is 30.0 Å². The summed E-state index contributed by atoms with van der Waals surface area (Å²) < 4.78 is 0. The molecule has 1 heterocycles. The minimum absolute atomic E-state index is 0.0493. The number of rotatable bonds is 6. The summed E-state index contributed by atoms with van der Waals surface area (Å²) in [6, 6.07) is 16.1. The van der Waals surface area contributed by atoms with Gasteiger partial charge in [0.15, 0.2) is 0 Å². The Morgan fingerprint density at radius 1 is 1.13 bits per heavy atom. The summed E-state index contributed by atoms with van der Waals surface area (Å²) in [6.45, 7) is 5.83. The summed E-state index contributed by atoms with van der Waals surface area (Å²) in [5, 5.41) is 19.4.